The minimum atomic E-state index is -0.257. The molecule has 1 amide bonds. The number of carbonyl (C=O) groups is 1. The largest absolute Gasteiger partial charge is 0.369 e. The summed E-state index contributed by atoms with van der Waals surface area (Å²) in [5.74, 6) is -0.444. The van der Waals surface area contributed by atoms with Crippen LogP contribution in [0.4, 0.5) is 0 Å². The van der Waals surface area contributed by atoms with Crippen LogP contribution < -0.4 is 5.73 Å². The summed E-state index contributed by atoms with van der Waals surface area (Å²) in [4.78, 5) is 11.3. The molecule has 3 nitrogen and oxygen atoms in total. The summed E-state index contributed by atoms with van der Waals surface area (Å²) in [6.07, 6.45) is 4.71. The third kappa shape index (κ3) is 3.30. The average molecular weight is 232 g/mol. The highest BCUT2D eigenvalue weighted by Gasteiger charge is 2.31. The van der Waals surface area contributed by atoms with Crippen LogP contribution in [-0.2, 0) is 16.1 Å². The van der Waals surface area contributed by atoms with Gasteiger partial charge in [0.15, 0.2) is 0 Å². The lowest BCUT2D eigenvalue weighted by molar-refractivity contribution is -0.124. The quantitative estimate of drug-likeness (QED) is 0.866. The van der Waals surface area contributed by atoms with Crippen molar-refractivity contribution in [3.8, 4) is 0 Å². The molecular formula is C14H18NO2. The number of amides is 1. The van der Waals surface area contributed by atoms with Gasteiger partial charge in [-0.05, 0) is 18.4 Å². The summed E-state index contributed by atoms with van der Waals surface area (Å²) in [6, 6.07) is 9.97. The molecule has 2 rings (SSSR count). The smallest absolute Gasteiger partial charge is 0.223 e. The van der Waals surface area contributed by atoms with Crippen molar-refractivity contribution < 1.29 is 9.53 Å². The lowest BCUT2D eigenvalue weighted by Gasteiger charge is -2.28. The summed E-state index contributed by atoms with van der Waals surface area (Å²) in [6.45, 7) is 0.528. The third-order valence-corrected chi connectivity index (χ3v) is 3.17. The molecule has 2 N–H and O–H groups in total. The van der Waals surface area contributed by atoms with Crippen molar-refractivity contribution in [2.75, 3.05) is 0 Å². The SMILES string of the molecule is NC(=O)[C@@H]1CCCC[C]1OCc1ccccc1. The van der Waals surface area contributed by atoms with E-state index in [0.717, 1.165) is 37.4 Å². The molecule has 0 saturated heterocycles. The molecule has 1 fully saturated rings. The summed E-state index contributed by atoms with van der Waals surface area (Å²) >= 11 is 0. The Hall–Kier alpha value is -1.35. The Morgan fingerprint density at radius 3 is 2.76 bits per heavy atom. The normalized spacial score (nSPS) is 21.3. The highest BCUT2D eigenvalue weighted by atomic mass is 16.5. The number of carbonyl (C=O) groups excluding carboxylic acids is 1. The van der Waals surface area contributed by atoms with Crippen molar-refractivity contribution in [3.63, 3.8) is 0 Å². The van der Waals surface area contributed by atoms with Crippen LogP contribution in [0.2, 0.25) is 0 Å². The predicted octanol–water partition coefficient (Wildman–Crippen LogP) is 2.41. The second kappa shape index (κ2) is 5.82. The van der Waals surface area contributed by atoms with Crippen molar-refractivity contribution in [1.29, 1.82) is 0 Å². The van der Waals surface area contributed by atoms with Gasteiger partial charge in [-0.1, -0.05) is 43.2 Å². The summed E-state index contributed by atoms with van der Waals surface area (Å²) in [5, 5.41) is 0. The van der Waals surface area contributed by atoms with E-state index < -0.39 is 0 Å². The topological polar surface area (TPSA) is 52.3 Å². The van der Waals surface area contributed by atoms with Gasteiger partial charge in [0.25, 0.3) is 0 Å². The minimum Gasteiger partial charge on any atom is -0.369 e. The zero-order valence-electron chi connectivity index (χ0n) is 9.89. The Labute approximate surface area is 102 Å². The fraction of sp³-hybridized carbons (Fsp3) is 0.429. The molecule has 0 aromatic heterocycles. The lowest BCUT2D eigenvalue weighted by atomic mass is 9.86. The number of ether oxygens (including phenoxy) is 1. The molecule has 1 aliphatic carbocycles. The Kier molecular flexibility index (Phi) is 4.15. The number of hydrogen-bond donors (Lipinski definition) is 1. The fourth-order valence-electron chi connectivity index (χ4n) is 2.21. The molecule has 0 spiro atoms. The van der Waals surface area contributed by atoms with E-state index in [1.165, 1.54) is 0 Å². The Morgan fingerprint density at radius 2 is 2.06 bits per heavy atom. The average Bonchev–Trinajstić information content (AvgIpc) is 2.38. The van der Waals surface area contributed by atoms with Gasteiger partial charge >= 0.3 is 0 Å². The first kappa shape index (κ1) is 12.1. The van der Waals surface area contributed by atoms with Crippen LogP contribution in [-0.4, -0.2) is 5.91 Å². The molecule has 1 atom stereocenters. The van der Waals surface area contributed by atoms with E-state index in [1.54, 1.807) is 0 Å². The number of nitrogens with two attached hydrogens (primary N) is 1. The third-order valence-electron chi connectivity index (χ3n) is 3.17. The van der Waals surface area contributed by atoms with Gasteiger partial charge in [-0.2, -0.15) is 0 Å². The van der Waals surface area contributed by atoms with E-state index in [2.05, 4.69) is 0 Å². The molecule has 0 aliphatic heterocycles. The maximum Gasteiger partial charge on any atom is 0.223 e. The molecule has 1 aliphatic rings. The summed E-state index contributed by atoms with van der Waals surface area (Å²) < 4.78 is 5.76. The highest BCUT2D eigenvalue weighted by molar-refractivity contribution is 5.78. The zero-order valence-corrected chi connectivity index (χ0v) is 9.89. The molecule has 3 heteroatoms. The Balaban J connectivity index is 1.90. The van der Waals surface area contributed by atoms with Crippen LogP contribution in [0.3, 0.4) is 0 Å². The van der Waals surface area contributed by atoms with Gasteiger partial charge in [0.1, 0.15) is 6.10 Å². The standard InChI is InChI=1S/C14H18NO2/c15-14(16)12-8-4-5-9-13(12)17-10-11-6-2-1-3-7-11/h1-3,6-7,12H,4-5,8-10H2,(H2,15,16)/t12-/m1/s1. The number of hydrogen-bond acceptors (Lipinski definition) is 2. The molecule has 1 aromatic rings. The van der Waals surface area contributed by atoms with E-state index in [9.17, 15) is 4.79 Å². The van der Waals surface area contributed by atoms with Crippen molar-refractivity contribution >= 4 is 5.91 Å². The maximum atomic E-state index is 11.3. The van der Waals surface area contributed by atoms with Gasteiger partial charge in [0.2, 0.25) is 5.91 Å². The van der Waals surface area contributed by atoms with Crippen LogP contribution in [0.5, 0.6) is 0 Å². The number of rotatable bonds is 4. The second-order valence-electron chi connectivity index (χ2n) is 4.44. The van der Waals surface area contributed by atoms with Crippen molar-refractivity contribution in [3.05, 3.63) is 42.0 Å². The van der Waals surface area contributed by atoms with E-state index >= 15 is 0 Å². The molecule has 0 bridgehead atoms. The van der Waals surface area contributed by atoms with Gasteiger partial charge in [0.05, 0.1) is 12.5 Å². The molecule has 1 saturated carbocycles. The van der Waals surface area contributed by atoms with Crippen LogP contribution in [0, 0.1) is 12.0 Å². The minimum absolute atomic E-state index is 0.188. The molecular weight excluding hydrogens is 214 g/mol. The number of primary amides is 1. The van der Waals surface area contributed by atoms with Crippen molar-refractivity contribution in [2.24, 2.45) is 11.7 Å². The van der Waals surface area contributed by atoms with E-state index in [0.29, 0.717) is 6.61 Å². The van der Waals surface area contributed by atoms with Crippen LogP contribution in [0.25, 0.3) is 0 Å². The first-order valence-corrected chi connectivity index (χ1v) is 6.09. The van der Waals surface area contributed by atoms with Crippen LogP contribution in [0.15, 0.2) is 30.3 Å². The van der Waals surface area contributed by atoms with Crippen LogP contribution >= 0.6 is 0 Å². The van der Waals surface area contributed by atoms with E-state index in [-0.39, 0.29) is 11.8 Å². The van der Waals surface area contributed by atoms with Crippen molar-refractivity contribution in [2.45, 2.75) is 32.3 Å². The first-order chi connectivity index (χ1) is 8.27. The van der Waals surface area contributed by atoms with Gasteiger partial charge in [-0.15, -0.1) is 0 Å². The second-order valence-corrected chi connectivity index (χ2v) is 4.44. The molecule has 0 heterocycles. The predicted molar refractivity (Wildman–Crippen MR) is 65.6 cm³/mol. The summed E-state index contributed by atoms with van der Waals surface area (Å²) in [5.41, 5.74) is 6.51. The monoisotopic (exact) mass is 232 g/mol. The van der Waals surface area contributed by atoms with Crippen molar-refractivity contribution in [1.82, 2.24) is 0 Å². The molecule has 1 aromatic carbocycles. The van der Waals surface area contributed by atoms with E-state index in [4.69, 9.17) is 10.5 Å². The Morgan fingerprint density at radius 1 is 1.29 bits per heavy atom. The van der Waals surface area contributed by atoms with E-state index in [1.807, 2.05) is 30.3 Å². The van der Waals surface area contributed by atoms with Gasteiger partial charge < -0.3 is 10.5 Å². The zero-order chi connectivity index (χ0) is 12.1. The molecule has 91 valence electrons. The van der Waals surface area contributed by atoms with Crippen LogP contribution in [0.1, 0.15) is 31.2 Å². The molecule has 1 radical (unpaired) electrons. The number of benzene rings is 1. The molecule has 0 unspecified atom stereocenters. The highest BCUT2D eigenvalue weighted by Crippen LogP contribution is 2.33. The van der Waals surface area contributed by atoms with Gasteiger partial charge in [-0.3, -0.25) is 4.79 Å². The molecule has 17 heavy (non-hydrogen) atoms. The Bertz CT molecular complexity index is 364. The first-order valence-electron chi connectivity index (χ1n) is 6.09. The van der Waals surface area contributed by atoms with Gasteiger partial charge in [0, 0.05) is 0 Å². The maximum absolute atomic E-state index is 11.3. The summed E-state index contributed by atoms with van der Waals surface area (Å²) in [7, 11) is 0. The van der Waals surface area contributed by atoms with Gasteiger partial charge in [-0.25, -0.2) is 0 Å². The fourth-order valence-corrected chi connectivity index (χ4v) is 2.21. The lowest BCUT2D eigenvalue weighted by Crippen LogP contribution is -2.32.